The third-order valence-corrected chi connectivity index (χ3v) is 4.53. The highest BCUT2D eigenvalue weighted by Gasteiger charge is 2.23. The van der Waals surface area contributed by atoms with Crippen LogP contribution in [0.15, 0.2) is 65.1 Å². The predicted molar refractivity (Wildman–Crippen MR) is 111 cm³/mol. The summed E-state index contributed by atoms with van der Waals surface area (Å²) in [6.07, 6.45) is 3.04. The molecule has 5 heteroatoms. The maximum Gasteiger partial charge on any atom is 0.256 e. The zero-order valence-electron chi connectivity index (χ0n) is 15.5. The van der Waals surface area contributed by atoms with Crippen LogP contribution in [0.3, 0.4) is 0 Å². The lowest BCUT2D eigenvalue weighted by atomic mass is 10.1. The molecule has 0 saturated carbocycles. The van der Waals surface area contributed by atoms with Gasteiger partial charge >= 0.3 is 0 Å². The lowest BCUT2D eigenvalue weighted by molar-refractivity contribution is -0.116. The normalized spacial score (nSPS) is 14.0. The Balaban J connectivity index is 1.59. The number of furan rings is 1. The first kappa shape index (κ1) is 17.8. The highest BCUT2D eigenvalue weighted by molar-refractivity contribution is 6.34. The van der Waals surface area contributed by atoms with Crippen LogP contribution in [-0.2, 0) is 9.59 Å². The lowest BCUT2D eigenvalue weighted by Crippen LogP contribution is -2.10. The molecule has 0 unspecified atom stereocenters. The van der Waals surface area contributed by atoms with Crippen molar-refractivity contribution < 1.29 is 14.0 Å². The molecular weight excluding hydrogens is 352 g/mol. The lowest BCUT2D eigenvalue weighted by Gasteiger charge is -2.05. The van der Waals surface area contributed by atoms with Gasteiger partial charge in [-0.05, 0) is 42.8 Å². The molecule has 2 amide bonds. The van der Waals surface area contributed by atoms with E-state index in [-0.39, 0.29) is 11.8 Å². The van der Waals surface area contributed by atoms with Gasteiger partial charge in [-0.15, -0.1) is 0 Å². The highest BCUT2D eigenvalue weighted by Crippen LogP contribution is 2.34. The molecule has 0 saturated heterocycles. The molecule has 0 atom stereocenters. The van der Waals surface area contributed by atoms with Gasteiger partial charge in [0, 0.05) is 28.9 Å². The second-order valence-corrected chi connectivity index (χ2v) is 6.64. The van der Waals surface area contributed by atoms with Crippen molar-refractivity contribution in [2.75, 3.05) is 10.6 Å². The van der Waals surface area contributed by atoms with E-state index in [1.807, 2.05) is 67.6 Å². The Kier molecular flexibility index (Phi) is 4.81. The van der Waals surface area contributed by atoms with E-state index in [2.05, 4.69) is 10.6 Å². The first-order valence-electron chi connectivity index (χ1n) is 9.26. The van der Waals surface area contributed by atoms with E-state index in [9.17, 15) is 9.59 Å². The smallest absolute Gasteiger partial charge is 0.256 e. The van der Waals surface area contributed by atoms with E-state index >= 15 is 0 Å². The Morgan fingerprint density at radius 3 is 2.82 bits per heavy atom. The van der Waals surface area contributed by atoms with Crippen LogP contribution >= 0.6 is 0 Å². The van der Waals surface area contributed by atoms with Gasteiger partial charge in [-0.25, -0.2) is 0 Å². The van der Waals surface area contributed by atoms with Gasteiger partial charge in [0.05, 0.1) is 5.57 Å². The number of amides is 2. The summed E-state index contributed by atoms with van der Waals surface area (Å²) in [5.74, 6) is 1.12. The zero-order valence-corrected chi connectivity index (χ0v) is 15.5. The van der Waals surface area contributed by atoms with Crippen LogP contribution in [0.1, 0.15) is 31.1 Å². The fraction of sp³-hybridized carbons (Fsp3) is 0.130. The van der Waals surface area contributed by atoms with E-state index in [4.69, 9.17) is 4.42 Å². The topological polar surface area (TPSA) is 71.3 Å². The molecule has 1 aromatic heterocycles. The second-order valence-electron chi connectivity index (χ2n) is 6.64. The van der Waals surface area contributed by atoms with Crippen molar-refractivity contribution >= 4 is 34.8 Å². The molecule has 3 aromatic rings. The summed E-state index contributed by atoms with van der Waals surface area (Å²) in [6.45, 7) is 1.97. The SMILES string of the molecule is CCCC(=O)Nc1cccc(-c2ccc(/C=C3/C(=O)Nc4ccccc43)o2)c1. The molecule has 5 nitrogen and oxygen atoms in total. The molecule has 1 aliphatic heterocycles. The van der Waals surface area contributed by atoms with Gasteiger partial charge < -0.3 is 15.1 Å². The third-order valence-electron chi connectivity index (χ3n) is 4.53. The molecule has 140 valence electrons. The Bertz CT molecular complexity index is 1080. The van der Waals surface area contributed by atoms with Gasteiger partial charge in [0.15, 0.2) is 0 Å². The Hall–Kier alpha value is -3.60. The molecule has 4 rings (SSSR count). The molecule has 0 aliphatic carbocycles. The quantitative estimate of drug-likeness (QED) is 0.606. The Morgan fingerprint density at radius 2 is 1.96 bits per heavy atom. The van der Waals surface area contributed by atoms with Gasteiger partial charge in [0.1, 0.15) is 11.5 Å². The molecule has 28 heavy (non-hydrogen) atoms. The molecule has 1 aliphatic rings. The van der Waals surface area contributed by atoms with Crippen molar-refractivity contribution in [2.24, 2.45) is 0 Å². The van der Waals surface area contributed by atoms with Crippen LogP contribution in [0, 0.1) is 0 Å². The number of carbonyl (C=O) groups excluding carboxylic acids is 2. The first-order chi connectivity index (χ1) is 13.6. The number of benzene rings is 2. The summed E-state index contributed by atoms with van der Waals surface area (Å²) in [6, 6.07) is 18.8. The van der Waals surface area contributed by atoms with Crippen LogP contribution < -0.4 is 10.6 Å². The minimum atomic E-state index is -0.139. The molecular formula is C23H20N2O3. The summed E-state index contributed by atoms with van der Waals surface area (Å²) in [7, 11) is 0. The molecule has 0 radical (unpaired) electrons. The summed E-state index contributed by atoms with van der Waals surface area (Å²) >= 11 is 0. The first-order valence-corrected chi connectivity index (χ1v) is 9.26. The number of rotatable bonds is 5. The number of hydrogen-bond acceptors (Lipinski definition) is 3. The highest BCUT2D eigenvalue weighted by atomic mass is 16.3. The predicted octanol–water partition coefficient (Wildman–Crippen LogP) is 5.18. The number of carbonyl (C=O) groups is 2. The van der Waals surface area contributed by atoms with Crippen molar-refractivity contribution in [3.8, 4) is 11.3 Å². The monoisotopic (exact) mass is 372 g/mol. The summed E-state index contributed by atoms with van der Waals surface area (Å²) in [5, 5.41) is 5.74. The van der Waals surface area contributed by atoms with E-state index in [0.717, 1.165) is 28.9 Å². The average Bonchev–Trinajstić information content (AvgIpc) is 3.27. The average molecular weight is 372 g/mol. The van der Waals surface area contributed by atoms with E-state index in [1.54, 1.807) is 6.08 Å². The summed E-state index contributed by atoms with van der Waals surface area (Å²) < 4.78 is 5.93. The van der Waals surface area contributed by atoms with Crippen molar-refractivity contribution in [3.05, 3.63) is 72.0 Å². The van der Waals surface area contributed by atoms with Crippen molar-refractivity contribution in [3.63, 3.8) is 0 Å². The molecule has 2 aromatic carbocycles. The summed E-state index contributed by atoms with van der Waals surface area (Å²) in [5.41, 5.74) is 3.84. The molecule has 2 heterocycles. The van der Waals surface area contributed by atoms with Crippen LogP contribution in [-0.4, -0.2) is 11.8 Å². The van der Waals surface area contributed by atoms with Crippen molar-refractivity contribution in [1.29, 1.82) is 0 Å². The number of nitrogens with one attached hydrogen (secondary N) is 2. The van der Waals surface area contributed by atoms with Crippen molar-refractivity contribution in [2.45, 2.75) is 19.8 Å². The number of fused-ring (bicyclic) bond motifs is 1. The van der Waals surface area contributed by atoms with Gasteiger partial charge in [0.2, 0.25) is 5.91 Å². The standard InChI is InChI=1S/C23H20N2O3/c1-2-6-22(26)24-16-8-5-7-15(13-16)21-12-11-17(28-21)14-19-18-9-3-4-10-20(18)25-23(19)27/h3-5,7-14H,2,6H2,1H3,(H,24,26)(H,25,27)/b19-14+. The van der Waals surface area contributed by atoms with Crippen LogP contribution in [0.2, 0.25) is 0 Å². The second kappa shape index (κ2) is 7.56. The van der Waals surface area contributed by atoms with E-state index in [0.29, 0.717) is 23.5 Å². The summed E-state index contributed by atoms with van der Waals surface area (Å²) in [4.78, 5) is 24.1. The number of hydrogen-bond donors (Lipinski definition) is 2. The maximum absolute atomic E-state index is 12.3. The third kappa shape index (κ3) is 3.60. The largest absolute Gasteiger partial charge is 0.457 e. The minimum Gasteiger partial charge on any atom is -0.457 e. The molecule has 0 fully saturated rings. The molecule has 0 spiro atoms. The molecule has 0 bridgehead atoms. The van der Waals surface area contributed by atoms with E-state index < -0.39 is 0 Å². The van der Waals surface area contributed by atoms with Gasteiger partial charge in [-0.2, -0.15) is 0 Å². The van der Waals surface area contributed by atoms with Gasteiger partial charge in [-0.1, -0.05) is 37.3 Å². The van der Waals surface area contributed by atoms with Crippen molar-refractivity contribution in [1.82, 2.24) is 0 Å². The fourth-order valence-electron chi connectivity index (χ4n) is 3.21. The van der Waals surface area contributed by atoms with E-state index in [1.165, 1.54) is 0 Å². The van der Waals surface area contributed by atoms with Crippen LogP contribution in [0.25, 0.3) is 23.0 Å². The zero-order chi connectivity index (χ0) is 19.5. The van der Waals surface area contributed by atoms with Gasteiger partial charge in [0.25, 0.3) is 5.91 Å². The number of anilines is 2. The maximum atomic E-state index is 12.3. The molecule has 2 N–H and O–H groups in total. The number of para-hydroxylation sites is 1. The fourth-order valence-corrected chi connectivity index (χ4v) is 3.21. The van der Waals surface area contributed by atoms with Gasteiger partial charge in [-0.3, -0.25) is 9.59 Å². The minimum absolute atomic E-state index is 0.00423. The van der Waals surface area contributed by atoms with Crippen LogP contribution in [0.5, 0.6) is 0 Å². The Labute approximate surface area is 163 Å². The Morgan fingerprint density at radius 1 is 1.11 bits per heavy atom. The van der Waals surface area contributed by atoms with Crippen LogP contribution in [0.4, 0.5) is 11.4 Å².